The van der Waals surface area contributed by atoms with Crippen LogP contribution in [0, 0.1) is 11.3 Å². The molecule has 0 aliphatic rings. The smallest absolute Gasteiger partial charge is 0.339 e. The second-order valence-electron chi connectivity index (χ2n) is 5.56. The lowest BCUT2D eigenvalue weighted by molar-refractivity contribution is 0.0601. The number of hydrogen-bond donors (Lipinski definition) is 0. The first-order chi connectivity index (χ1) is 13.0. The van der Waals surface area contributed by atoms with Crippen LogP contribution in [0.2, 0.25) is 10.0 Å². The highest BCUT2D eigenvalue weighted by Crippen LogP contribution is 2.29. The molecule has 6 heteroatoms. The fraction of sp³-hybridized carbons (Fsp3) is 0.0476. The molecule has 0 radical (unpaired) electrons. The van der Waals surface area contributed by atoms with Crippen LogP contribution >= 0.6 is 23.2 Å². The Labute approximate surface area is 166 Å². The number of nitrogens with zero attached hydrogens (tertiary/aromatic N) is 1. The highest BCUT2D eigenvalue weighted by Gasteiger charge is 2.14. The predicted octanol–water partition coefficient (Wildman–Crippen LogP) is 6.10. The van der Waals surface area contributed by atoms with Crippen LogP contribution in [0.3, 0.4) is 0 Å². The van der Waals surface area contributed by atoms with E-state index in [1.54, 1.807) is 60.7 Å². The first kappa shape index (κ1) is 18.8. The summed E-state index contributed by atoms with van der Waals surface area (Å²) in [6.07, 6.45) is 1.64. The first-order valence-electron chi connectivity index (χ1n) is 7.87. The van der Waals surface area contributed by atoms with Crippen LogP contribution in [0.15, 0.2) is 59.0 Å². The van der Waals surface area contributed by atoms with E-state index in [0.29, 0.717) is 32.7 Å². The summed E-state index contributed by atoms with van der Waals surface area (Å²) < 4.78 is 10.5. The van der Waals surface area contributed by atoms with E-state index in [0.717, 1.165) is 5.56 Å². The minimum Gasteiger partial charge on any atom is -0.465 e. The van der Waals surface area contributed by atoms with Crippen LogP contribution in [0.5, 0.6) is 0 Å². The van der Waals surface area contributed by atoms with Crippen molar-refractivity contribution in [3.05, 3.63) is 81.5 Å². The number of halogens is 2. The first-order valence-corrected chi connectivity index (χ1v) is 8.63. The van der Waals surface area contributed by atoms with Crippen LogP contribution in [-0.2, 0) is 4.74 Å². The third-order valence-corrected chi connectivity index (χ3v) is 4.43. The van der Waals surface area contributed by atoms with Crippen molar-refractivity contribution in [3.63, 3.8) is 0 Å². The molecule has 1 aromatic heterocycles. The molecule has 0 aliphatic carbocycles. The van der Waals surface area contributed by atoms with Gasteiger partial charge in [-0.15, -0.1) is 0 Å². The topological polar surface area (TPSA) is 63.2 Å². The van der Waals surface area contributed by atoms with Gasteiger partial charge in [0.1, 0.15) is 11.5 Å². The Morgan fingerprint density at radius 2 is 1.85 bits per heavy atom. The Morgan fingerprint density at radius 3 is 2.52 bits per heavy atom. The molecule has 0 saturated heterocycles. The molecule has 0 bridgehead atoms. The lowest BCUT2D eigenvalue weighted by atomic mass is 10.1. The van der Waals surface area contributed by atoms with E-state index >= 15 is 0 Å². The van der Waals surface area contributed by atoms with Gasteiger partial charge in [-0.3, -0.25) is 0 Å². The third kappa shape index (κ3) is 4.22. The summed E-state index contributed by atoms with van der Waals surface area (Å²) in [6, 6.07) is 17.6. The zero-order valence-electron chi connectivity index (χ0n) is 14.2. The fourth-order valence-electron chi connectivity index (χ4n) is 2.48. The van der Waals surface area contributed by atoms with Crippen molar-refractivity contribution in [1.29, 1.82) is 5.26 Å². The molecule has 134 valence electrons. The number of ether oxygens (including phenoxy) is 1. The van der Waals surface area contributed by atoms with E-state index < -0.39 is 5.97 Å². The number of carbonyl (C=O) groups excluding carboxylic acids is 1. The molecular formula is C21H13Cl2NO3. The zero-order valence-corrected chi connectivity index (χ0v) is 15.7. The molecule has 0 unspecified atom stereocenters. The number of allylic oxidation sites excluding steroid dienone is 1. The molecule has 0 atom stereocenters. The minimum atomic E-state index is -0.525. The second-order valence-corrected chi connectivity index (χ2v) is 6.41. The average molecular weight is 398 g/mol. The molecule has 2 aromatic carbocycles. The summed E-state index contributed by atoms with van der Waals surface area (Å²) >= 11 is 11.9. The summed E-state index contributed by atoms with van der Waals surface area (Å²) in [5.41, 5.74) is 2.10. The second kappa shape index (κ2) is 8.13. The summed E-state index contributed by atoms with van der Waals surface area (Å²) in [6.45, 7) is 0. The lowest BCUT2D eigenvalue weighted by Gasteiger charge is -2.04. The van der Waals surface area contributed by atoms with Crippen molar-refractivity contribution in [2.45, 2.75) is 0 Å². The van der Waals surface area contributed by atoms with Gasteiger partial charge in [-0.1, -0.05) is 35.3 Å². The van der Waals surface area contributed by atoms with Gasteiger partial charge in [-0.05, 0) is 54.1 Å². The molecule has 0 amide bonds. The van der Waals surface area contributed by atoms with Gasteiger partial charge in [0, 0.05) is 10.6 Å². The van der Waals surface area contributed by atoms with Crippen molar-refractivity contribution in [1.82, 2.24) is 0 Å². The maximum absolute atomic E-state index is 11.8. The Kier molecular flexibility index (Phi) is 5.66. The van der Waals surface area contributed by atoms with E-state index in [4.69, 9.17) is 32.4 Å². The number of nitriles is 1. The van der Waals surface area contributed by atoms with Gasteiger partial charge in [-0.25, -0.2) is 4.79 Å². The van der Waals surface area contributed by atoms with E-state index in [-0.39, 0.29) is 5.56 Å². The van der Waals surface area contributed by atoms with Gasteiger partial charge >= 0.3 is 5.97 Å². The van der Waals surface area contributed by atoms with E-state index in [1.807, 2.05) is 0 Å². The van der Waals surface area contributed by atoms with Gasteiger partial charge in [0.2, 0.25) is 0 Å². The molecule has 0 spiro atoms. The van der Waals surface area contributed by atoms with Crippen molar-refractivity contribution >= 4 is 40.8 Å². The maximum atomic E-state index is 11.8. The number of rotatable bonds is 4. The molecule has 1 heterocycles. The summed E-state index contributed by atoms with van der Waals surface area (Å²) in [5.74, 6) is 0.519. The highest BCUT2D eigenvalue weighted by molar-refractivity contribution is 6.33. The number of methoxy groups -OCH3 is 1. The van der Waals surface area contributed by atoms with E-state index in [1.165, 1.54) is 7.11 Å². The number of hydrogen-bond acceptors (Lipinski definition) is 4. The van der Waals surface area contributed by atoms with Crippen molar-refractivity contribution in [2.75, 3.05) is 7.11 Å². The standard InChI is InChI=1S/C21H13Cl2NO3/c1-26-21(25)18-11-14(4-8-19(18)23)20-9-7-17(27-20)10-15(12-24)13-2-5-16(22)6-3-13/h2-11H,1H3/b15-10+. The Hall–Kier alpha value is -3.00. The quantitative estimate of drug-likeness (QED) is 0.393. The van der Waals surface area contributed by atoms with Gasteiger partial charge < -0.3 is 9.15 Å². The van der Waals surface area contributed by atoms with Crippen molar-refractivity contribution < 1.29 is 13.9 Å². The fourth-order valence-corrected chi connectivity index (χ4v) is 2.80. The predicted molar refractivity (Wildman–Crippen MR) is 105 cm³/mol. The summed E-state index contributed by atoms with van der Waals surface area (Å²) in [4.78, 5) is 11.8. The van der Waals surface area contributed by atoms with E-state index in [9.17, 15) is 10.1 Å². The van der Waals surface area contributed by atoms with Crippen LogP contribution in [0.4, 0.5) is 0 Å². The molecule has 0 saturated carbocycles. The van der Waals surface area contributed by atoms with Crippen LogP contribution in [0.1, 0.15) is 21.7 Å². The normalized spacial score (nSPS) is 11.1. The Balaban J connectivity index is 1.94. The average Bonchev–Trinajstić information content (AvgIpc) is 3.15. The van der Waals surface area contributed by atoms with Gasteiger partial charge in [0.25, 0.3) is 0 Å². The third-order valence-electron chi connectivity index (χ3n) is 3.85. The van der Waals surface area contributed by atoms with Crippen LogP contribution in [-0.4, -0.2) is 13.1 Å². The highest BCUT2D eigenvalue weighted by atomic mass is 35.5. The SMILES string of the molecule is COC(=O)c1cc(-c2ccc(/C=C(\C#N)c3ccc(Cl)cc3)o2)ccc1Cl. The Morgan fingerprint density at radius 1 is 1.11 bits per heavy atom. The number of furan rings is 1. The zero-order chi connectivity index (χ0) is 19.4. The molecule has 3 aromatic rings. The molecule has 0 N–H and O–H groups in total. The number of benzene rings is 2. The molecular weight excluding hydrogens is 385 g/mol. The van der Waals surface area contributed by atoms with Gasteiger partial charge in [0.15, 0.2) is 0 Å². The molecule has 0 fully saturated rings. The summed E-state index contributed by atoms with van der Waals surface area (Å²) in [7, 11) is 1.29. The van der Waals surface area contributed by atoms with Crippen LogP contribution < -0.4 is 0 Å². The Bertz CT molecular complexity index is 1060. The minimum absolute atomic E-state index is 0.254. The maximum Gasteiger partial charge on any atom is 0.339 e. The molecule has 0 aliphatic heterocycles. The molecule has 27 heavy (non-hydrogen) atoms. The number of carbonyl (C=O) groups is 1. The van der Waals surface area contributed by atoms with Gasteiger partial charge in [-0.2, -0.15) is 5.26 Å². The monoisotopic (exact) mass is 397 g/mol. The molecule has 4 nitrogen and oxygen atoms in total. The lowest BCUT2D eigenvalue weighted by Crippen LogP contribution is -2.02. The van der Waals surface area contributed by atoms with Crippen LogP contribution in [0.25, 0.3) is 23.0 Å². The molecule has 3 rings (SSSR count). The number of esters is 1. The summed E-state index contributed by atoms with van der Waals surface area (Å²) in [5, 5.41) is 10.3. The van der Waals surface area contributed by atoms with Crippen molar-refractivity contribution in [3.8, 4) is 17.4 Å². The largest absolute Gasteiger partial charge is 0.465 e. The van der Waals surface area contributed by atoms with Crippen molar-refractivity contribution in [2.24, 2.45) is 0 Å². The van der Waals surface area contributed by atoms with E-state index in [2.05, 4.69) is 6.07 Å². The van der Waals surface area contributed by atoms with Gasteiger partial charge in [0.05, 0.1) is 29.3 Å².